The minimum absolute atomic E-state index is 0.0609. The largest absolute Gasteiger partial charge is 0.299 e. The third-order valence-electron chi connectivity index (χ3n) is 4.73. The van der Waals surface area contributed by atoms with Gasteiger partial charge in [0.05, 0.1) is 5.69 Å². The molecule has 0 N–H and O–H groups in total. The zero-order chi connectivity index (χ0) is 15.1. The number of hydrogen-bond donors (Lipinski definition) is 0. The van der Waals surface area contributed by atoms with E-state index in [1.165, 1.54) is 0 Å². The van der Waals surface area contributed by atoms with Gasteiger partial charge in [-0.15, -0.1) is 0 Å². The van der Waals surface area contributed by atoms with Gasteiger partial charge in [0, 0.05) is 24.9 Å². The summed E-state index contributed by atoms with van der Waals surface area (Å²) in [7, 11) is 1.86. The topological polar surface area (TPSA) is 34.9 Å². The fourth-order valence-electron chi connectivity index (χ4n) is 3.48. The number of halogens is 1. The lowest BCUT2D eigenvalue weighted by Gasteiger charge is -2.37. The van der Waals surface area contributed by atoms with Crippen LogP contribution in [0.4, 0.5) is 0 Å². The molecule has 0 saturated heterocycles. The molecule has 20 heavy (non-hydrogen) atoms. The van der Waals surface area contributed by atoms with E-state index in [1.807, 2.05) is 14.0 Å². The maximum Gasteiger partial charge on any atom is 0.136 e. The SMILES string of the molecule is Cc1nn(C)c(Cl)c1CC(C)(C)C1CCC(C)CC1=O. The summed E-state index contributed by atoms with van der Waals surface area (Å²) in [5.41, 5.74) is 2.00. The van der Waals surface area contributed by atoms with Crippen molar-refractivity contribution in [3.05, 3.63) is 16.4 Å². The maximum atomic E-state index is 12.4. The average Bonchev–Trinajstić information content (AvgIpc) is 2.55. The molecule has 1 saturated carbocycles. The molecule has 1 aromatic heterocycles. The zero-order valence-electron chi connectivity index (χ0n) is 13.2. The smallest absolute Gasteiger partial charge is 0.136 e. The zero-order valence-corrected chi connectivity index (χ0v) is 13.9. The fourth-order valence-corrected chi connectivity index (χ4v) is 3.72. The quantitative estimate of drug-likeness (QED) is 0.846. The minimum Gasteiger partial charge on any atom is -0.299 e. The summed E-state index contributed by atoms with van der Waals surface area (Å²) in [5, 5.41) is 5.07. The van der Waals surface area contributed by atoms with E-state index in [1.54, 1.807) is 4.68 Å². The number of rotatable bonds is 3. The summed E-state index contributed by atoms with van der Waals surface area (Å²) in [5.74, 6) is 1.11. The third kappa shape index (κ3) is 2.93. The molecule has 0 amide bonds. The summed E-state index contributed by atoms with van der Waals surface area (Å²) in [6.45, 7) is 8.54. The van der Waals surface area contributed by atoms with Crippen LogP contribution in [-0.4, -0.2) is 15.6 Å². The molecule has 1 aromatic rings. The van der Waals surface area contributed by atoms with Gasteiger partial charge < -0.3 is 0 Å². The van der Waals surface area contributed by atoms with Crippen LogP contribution in [0.1, 0.15) is 51.3 Å². The Hall–Kier alpha value is -0.830. The Balaban J connectivity index is 2.20. The second-order valence-electron chi connectivity index (χ2n) is 7.05. The lowest BCUT2D eigenvalue weighted by molar-refractivity contribution is -0.129. The molecule has 0 bridgehead atoms. The van der Waals surface area contributed by atoms with Gasteiger partial charge in [0.15, 0.2) is 0 Å². The lowest BCUT2D eigenvalue weighted by atomic mass is 9.66. The molecule has 2 atom stereocenters. The van der Waals surface area contributed by atoms with Crippen molar-refractivity contribution in [3.63, 3.8) is 0 Å². The van der Waals surface area contributed by atoms with Crippen molar-refractivity contribution < 1.29 is 4.79 Å². The number of ketones is 1. The van der Waals surface area contributed by atoms with Gasteiger partial charge in [-0.25, -0.2) is 0 Å². The van der Waals surface area contributed by atoms with E-state index >= 15 is 0 Å². The van der Waals surface area contributed by atoms with Crippen molar-refractivity contribution in [1.82, 2.24) is 9.78 Å². The van der Waals surface area contributed by atoms with Crippen LogP contribution in [-0.2, 0) is 18.3 Å². The van der Waals surface area contributed by atoms with Gasteiger partial charge >= 0.3 is 0 Å². The summed E-state index contributed by atoms with van der Waals surface area (Å²) in [6.07, 6.45) is 3.70. The monoisotopic (exact) mass is 296 g/mol. The van der Waals surface area contributed by atoms with Gasteiger partial charge in [0.2, 0.25) is 0 Å². The van der Waals surface area contributed by atoms with E-state index in [-0.39, 0.29) is 11.3 Å². The van der Waals surface area contributed by atoms with Crippen molar-refractivity contribution in [3.8, 4) is 0 Å². The Kier molecular flexibility index (Phi) is 4.29. The van der Waals surface area contributed by atoms with Gasteiger partial charge in [-0.2, -0.15) is 5.10 Å². The van der Waals surface area contributed by atoms with E-state index < -0.39 is 0 Å². The highest BCUT2D eigenvalue weighted by molar-refractivity contribution is 6.30. The minimum atomic E-state index is -0.0609. The first-order chi connectivity index (χ1) is 9.22. The average molecular weight is 297 g/mol. The Labute approximate surface area is 126 Å². The fraction of sp³-hybridized carbons (Fsp3) is 0.750. The lowest BCUT2D eigenvalue weighted by Crippen LogP contribution is -2.37. The van der Waals surface area contributed by atoms with Gasteiger partial charge in [0.1, 0.15) is 10.9 Å². The molecule has 2 rings (SSSR count). The van der Waals surface area contributed by atoms with E-state index in [4.69, 9.17) is 11.6 Å². The van der Waals surface area contributed by atoms with Gasteiger partial charge in [-0.05, 0) is 37.5 Å². The van der Waals surface area contributed by atoms with E-state index in [0.717, 1.165) is 36.9 Å². The molecule has 2 unspecified atom stereocenters. The van der Waals surface area contributed by atoms with Gasteiger partial charge in [0.25, 0.3) is 0 Å². The number of carbonyl (C=O) groups is 1. The molecular formula is C16H25ClN2O. The highest BCUT2D eigenvalue weighted by atomic mass is 35.5. The summed E-state index contributed by atoms with van der Waals surface area (Å²) in [6, 6.07) is 0. The Morgan fingerprint density at radius 2 is 2.05 bits per heavy atom. The van der Waals surface area contributed by atoms with E-state index in [9.17, 15) is 4.79 Å². The van der Waals surface area contributed by atoms with Crippen molar-refractivity contribution in [2.24, 2.45) is 24.3 Å². The molecule has 1 heterocycles. The molecule has 1 aliphatic carbocycles. The highest BCUT2D eigenvalue weighted by Gasteiger charge is 2.39. The molecule has 1 aliphatic rings. The summed E-state index contributed by atoms with van der Waals surface area (Å²) < 4.78 is 1.72. The van der Waals surface area contributed by atoms with Crippen LogP contribution in [0.2, 0.25) is 5.15 Å². The van der Waals surface area contributed by atoms with Crippen molar-refractivity contribution in [1.29, 1.82) is 0 Å². The van der Waals surface area contributed by atoms with E-state index in [2.05, 4.69) is 25.9 Å². The van der Waals surface area contributed by atoms with Crippen LogP contribution in [0.5, 0.6) is 0 Å². The summed E-state index contributed by atoms with van der Waals surface area (Å²) >= 11 is 6.33. The number of nitrogens with zero attached hydrogens (tertiary/aromatic N) is 2. The van der Waals surface area contributed by atoms with Crippen LogP contribution in [0.3, 0.4) is 0 Å². The van der Waals surface area contributed by atoms with Crippen LogP contribution in [0.15, 0.2) is 0 Å². The highest BCUT2D eigenvalue weighted by Crippen LogP contribution is 2.41. The Bertz CT molecular complexity index is 519. The van der Waals surface area contributed by atoms with Gasteiger partial charge in [-0.1, -0.05) is 32.4 Å². The molecule has 4 heteroatoms. The first kappa shape index (κ1) is 15.6. The van der Waals surface area contributed by atoms with Crippen LogP contribution < -0.4 is 0 Å². The second kappa shape index (κ2) is 5.51. The Morgan fingerprint density at radius 1 is 1.40 bits per heavy atom. The molecule has 1 fully saturated rings. The molecule has 0 radical (unpaired) electrons. The molecule has 0 aliphatic heterocycles. The maximum absolute atomic E-state index is 12.4. The number of aryl methyl sites for hydroxylation is 2. The molecule has 0 aromatic carbocycles. The normalized spacial score (nSPS) is 24.2. The van der Waals surface area contributed by atoms with Crippen molar-refractivity contribution in [2.75, 3.05) is 0 Å². The molecule has 112 valence electrons. The van der Waals surface area contributed by atoms with Crippen LogP contribution in [0.25, 0.3) is 0 Å². The Morgan fingerprint density at radius 3 is 2.55 bits per heavy atom. The number of aromatic nitrogens is 2. The second-order valence-corrected chi connectivity index (χ2v) is 7.41. The third-order valence-corrected chi connectivity index (χ3v) is 5.20. The van der Waals surface area contributed by atoms with Crippen molar-refractivity contribution >= 4 is 17.4 Å². The van der Waals surface area contributed by atoms with Crippen molar-refractivity contribution in [2.45, 2.75) is 53.4 Å². The van der Waals surface area contributed by atoms with Crippen LogP contribution >= 0.6 is 11.6 Å². The summed E-state index contributed by atoms with van der Waals surface area (Å²) in [4.78, 5) is 12.4. The molecular weight excluding hydrogens is 272 g/mol. The predicted octanol–water partition coefficient (Wildman–Crippen LogP) is 3.96. The number of Topliss-reactive ketones (excluding diaryl/α,β-unsaturated/α-hetero) is 1. The first-order valence-corrected chi connectivity index (χ1v) is 7.81. The molecule has 3 nitrogen and oxygen atoms in total. The predicted molar refractivity (Wildman–Crippen MR) is 82.0 cm³/mol. The van der Waals surface area contributed by atoms with E-state index in [0.29, 0.717) is 16.9 Å². The molecule has 0 spiro atoms. The van der Waals surface area contributed by atoms with Crippen LogP contribution in [0, 0.1) is 24.2 Å². The number of hydrogen-bond acceptors (Lipinski definition) is 2. The first-order valence-electron chi connectivity index (χ1n) is 7.43. The standard InChI is InChI=1S/C16H25ClN2O/c1-10-6-7-13(14(20)8-10)16(3,4)9-12-11(2)18-19(5)15(12)17/h10,13H,6-9H2,1-5H3. The van der Waals surface area contributed by atoms with Gasteiger partial charge in [-0.3, -0.25) is 9.48 Å². The number of carbonyl (C=O) groups excluding carboxylic acids is 1.